The van der Waals surface area contributed by atoms with Crippen molar-refractivity contribution in [1.82, 2.24) is 15.2 Å². The summed E-state index contributed by atoms with van der Waals surface area (Å²) in [4.78, 5) is 2.21. The summed E-state index contributed by atoms with van der Waals surface area (Å²) in [5.41, 5.74) is 2.09. The van der Waals surface area contributed by atoms with Crippen LogP contribution in [0.1, 0.15) is 23.4 Å². The van der Waals surface area contributed by atoms with Gasteiger partial charge >= 0.3 is 0 Å². The molecule has 0 amide bonds. The summed E-state index contributed by atoms with van der Waals surface area (Å²) in [6.07, 6.45) is 1.49. The number of hydrogen-bond donors (Lipinski definition) is 1. The van der Waals surface area contributed by atoms with Crippen LogP contribution in [-0.4, -0.2) is 46.3 Å². The molecule has 1 heterocycles. The molecule has 0 aliphatic rings. The van der Waals surface area contributed by atoms with Crippen molar-refractivity contribution in [2.45, 2.75) is 19.4 Å². The number of rotatable bonds is 8. The molecule has 124 valence electrons. The lowest BCUT2D eigenvalue weighted by atomic mass is 10.1. The highest BCUT2D eigenvalue weighted by molar-refractivity contribution is 6.69. The van der Waals surface area contributed by atoms with Gasteiger partial charge in [-0.2, -0.15) is 0 Å². The Labute approximate surface area is 139 Å². The lowest BCUT2D eigenvalue weighted by Crippen LogP contribution is -2.19. The van der Waals surface area contributed by atoms with Gasteiger partial charge in [0.15, 0.2) is 10.9 Å². The van der Waals surface area contributed by atoms with E-state index in [1.54, 1.807) is 7.11 Å². The zero-order chi connectivity index (χ0) is 16.7. The molecule has 23 heavy (non-hydrogen) atoms. The number of halogens is 1. The average molecular weight is 339 g/mol. The zero-order valence-corrected chi connectivity index (χ0v) is 13.8. The first-order valence-electron chi connectivity index (χ1n) is 7.15. The van der Waals surface area contributed by atoms with Crippen LogP contribution in [0, 0.1) is 0 Å². The van der Waals surface area contributed by atoms with Crippen molar-refractivity contribution < 1.29 is 14.6 Å². The molecule has 1 aromatic carbocycles. The van der Waals surface area contributed by atoms with Crippen LogP contribution in [0.5, 0.6) is 5.75 Å². The second-order valence-electron chi connectivity index (χ2n) is 5.14. The molecule has 0 saturated heterocycles. The summed E-state index contributed by atoms with van der Waals surface area (Å²) >= 11 is 5.73. The number of benzene rings is 1. The Hall–Kier alpha value is -2.12. The van der Waals surface area contributed by atoms with Gasteiger partial charge in [0, 0.05) is 6.54 Å². The maximum atomic E-state index is 8.68. The quantitative estimate of drug-likeness (QED) is 0.452. The van der Waals surface area contributed by atoms with Crippen LogP contribution in [0.25, 0.3) is 0 Å². The van der Waals surface area contributed by atoms with Crippen molar-refractivity contribution in [3.63, 3.8) is 0 Å². The van der Waals surface area contributed by atoms with E-state index in [4.69, 9.17) is 21.5 Å². The summed E-state index contributed by atoms with van der Waals surface area (Å²) in [5.74, 6) is 0.852. The Balaban J connectivity index is 1.80. The first-order chi connectivity index (χ1) is 11.1. The molecule has 8 heteroatoms. The van der Waals surface area contributed by atoms with Crippen molar-refractivity contribution in [3.8, 4) is 5.75 Å². The SMILES string of the molecule is COc1ccc(CN(C)CCCc2nonc2/C(Cl)=N/O)cc1. The van der Waals surface area contributed by atoms with E-state index in [9.17, 15) is 0 Å². The van der Waals surface area contributed by atoms with E-state index in [1.807, 2.05) is 31.3 Å². The Kier molecular flexibility index (Phi) is 6.37. The Morgan fingerprint density at radius 3 is 2.74 bits per heavy atom. The molecule has 0 unspecified atom stereocenters. The van der Waals surface area contributed by atoms with Gasteiger partial charge in [-0.05, 0) is 49.3 Å². The molecule has 7 nitrogen and oxygen atoms in total. The highest BCUT2D eigenvalue weighted by Gasteiger charge is 2.15. The number of aryl methyl sites for hydroxylation is 1. The van der Waals surface area contributed by atoms with E-state index in [1.165, 1.54) is 5.56 Å². The fourth-order valence-corrected chi connectivity index (χ4v) is 2.36. The molecular formula is C15H19ClN4O3. The number of oxime groups is 1. The van der Waals surface area contributed by atoms with Gasteiger partial charge in [0.2, 0.25) is 0 Å². The largest absolute Gasteiger partial charge is 0.497 e. The van der Waals surface area contributed by atoms with E-state index >= 15 is 0 Å². The molecule has 2 rings (SSSR count). The van der Waals surface area contributed by atoms with Crippen LogP contribution >= 0.6 is 11.6 Å². The molecule has 1 aromatic heterocycles. The average Bonchev–Trinajstić information content (AvgIpc) is 3.03. The minimum absolute atomic E-state index is 0.118. The van der Waals surface area contributed by atoms with E-state index < -0.39 is 0 Å². The van der Waals surface area contributed by atoms with Gasteiger partial charge in [-0.3, -0.25) is 0 Å². The minimum atomic E-state index is -0.118. The fraction of sp³-hybridized carbons (Fsp3) is 0.400. The first-order valence-corrected chi connectivity index (χ1v) is 7.52. The molecule has 0 aliphatic heterocycles. The zero-order valence-electron chi connectivity index (χ0n) is 13.1. The van der Waals surface area contributed by atoms with Gasteiger partial charge in [0.1, 0.15) is 11.4 Å². The topological polar surface area (TPSA) is 84.0 Å². The number of methoxy groups -OCH3 is 1. The maximum absolute atomic E-state index is 8.68. The Bertz CT molecular complexity index is 642. The van der Waals surface area contributed by atoms with Crippen molar-refractivity contribution in [1.29, 1.82) is 0 Å². The van der Waals surface area contributed by atoms with Crippen LogP contribution in [-0.2, 0) is 13.0 Å². The normalized spacial score (nSPS) is 11.9. The third-order valence-electron chi connectivity index (χ3n) is 3.40. The smallest absolute Gasteiger partial charge is 0.199 e. The predicted octanol–water partition coefficient (Wildman–Crippen LogP) is 2.52. The lowest BCUT2D eigenvalue weighted by molar-refractivity contribution is 0.297. The van der Waals surface area contributed by atoms with Crippen LogP contribution in [0.2, 0.25) is 0 Å². The molecule has 1 N–H and O–H groups in total. The van der Waals surface area contributed by atoms with Gasteiger partial charge < -0.3 is 14.8 Å². The summed E-state index contributed by atoms with van der Waals surface area (Å²) < 4.78 is 9.79. The van der Waals surface area contributed by atoms with Gasteiger partial charge in [-0.1, -0.05) is 34.0 Å². The highest BCUT2D eigenvalue weighted by Crippen LogP contribution is 2.13. The van der Waals surface area contributed by atoms with Crippen LogP contribution < -0.4 is 4.74 Å². The van der Waals surface area contributed by atoms with E-state index in [-0.39, 0.29) is 10.9 Å². The van der Waals surface area contributed by atoms with Crippen LogP contribution in [0.3, 0.4) is 0 Å². The van der Waals surface area contributed by atoms with Crippen molar-refractivity contribution in [3.05, 3.63) is 41.2 Å². The molecule has 2 aromatic rings. The highest BCUT2D eigenvalue weighted by atomic mass is 35.5. The van der Waals surface area contributed by atoms with Gasteiger partial charge in [0.25, 0.3) is 0 Å². The van der Waals surface area contributed by atoms with Gasteiger partial charge in [0.05, 0.1) is 7.11 Å². The lowest BCUT2D eigenvalue weighted by Gasteiger charge is -2.16. The van der Waals surface area contributed by atoms with Crippen molar-refractivity contribution in [2.75, 3.05) is 20.7 Å². The molecule has 0 bridgehead atoms. The molecule has 0 saturated carbocycles. The van der Waals surface area contributed by atoms with Crippen LogP contribution in [0.15, 0.2) is 34.1 Å². The summed E-state index contributed by atoms with van der Waals surface area (Å²) in [5, 5.41) is 18.9. The van der Waals surface area contributed by atoms with E-state index in [2.05, 4.69) is 25.0 Å². The first kappa shape index (κ1) is 17.2. The number of nitrogens with zero attached hydrogens (tertiary/aromatic N) is 4. The van der Waals surface area contributed by atoms with Gasteiger partial charge in [-0.15, -0.1) is 0 Å². The second-order valence-corrected chi connectivity index (χ2v) is 5.50. The molecule has 0 spiro atoms. The fourth-order valence-electron chi connectivity index (χ4n) is 2.21. The number of hydrogen-bond acceptors (Lipinski definition) is 7. The third kappa shape index (κ3) is 4.94. The number of aromatic nitrogens is 2. The van der Waals surface area contributed by atoms with Crippen molar-refractivity contribution >= 4 is 16.8 Å². The maximum Gasteiger partial charge on any atom is 0.199 e. The second kappa shape index (κ2) is 8.50. The predicted molar refractivity (Wildman–Crippen MR) is 86.1 cm³/mol. The van der Waals surface area contributed by atoms with E-state index in [0.29, 0.717) is 12.1 Å². The standard InChI is InChI=1S/C15H19ClN4O3/c1-20(10-11-5-7-12(22-2)8-6-11)9-3-4-13-14(15(16)17-21)19-23-18-13/h5-8,21H,3-4,9-10H2,1-2H3/b17-15-. The third-order valence-corrected chi connectivity index (χ3v) is 3.66. The molecule has 0 radical (unpaired) electrons. The summed E-state index contributed by atoms with van der Waals surface area (Å²) in [6, 6.07) is 8.00. The van der Waals surface area contributed by atoms with Crippen molar-refractivity contribution in [2.24, 2.45) is 5.16 Å². The molecular weight excluding hydrogens is 320 g/mol. The Morgan fingerprint density at radius 2 is 2.09 bits per heavy atom. The minimum Gasteiger partial charge on any atom is -0.497 e. The Morgan fingerprint density at radius 1 is 1.35 bits per heavy atom. The van der Waals surface area contributed by atoms with Gasteiger partial charge in [-0.25, -0.2) is 4.63 Å². The van der Waals surface area contributed by atoms with E-state index in [0.717, 1.165) is 25.3 Å². The summed E-state index contributed by atoms with van der Waals surface area (Å²) in [7, 11) is 3.70. The van der Waals surface area contributed by atoms with Crippen LogP contribution in [0.4, 0.5) is 0 Å². The molecule has 0 atom stereocenters. The molecule has 0 aliphatic carbocycles. The summed E-state index contributed by atoms with van der Waals surface area (Å²) in [6.45, 7) is 1.71. The number of ether oxygens (including phenoxy) is 1. The monoisotopic (exact) mass is 338 g/mol. The molecule has 0 fully saturated rings.